The van der Waals surface area contributed by atoms with Gasteiger partial charge in [-0.2, -0.15) is 15.0 Å². The molecule has 0 aliphatic carbocycles. The zero-order valence-corrected chi connectivity index (χ0v) is 14.8. The van der Waals surface area contributed by atoms with E-state index < -0.39 is 5.82 Å². The quantitative estimate of drug-likeness (QED) is 0.521. The van der Waals surface area contributed by atoms with Gasteiger partial charge in [0.05, 0.1) is 29.8 Å². The van der Waals surface area contributed by atoms with Crippen LogP contribution in [0.1, 0.15) is 16.8 Å². The lowest BCUT2D eigenvalue weighted by Gasteiger charge is -2.09. The first-order valence-electron chi connectivity index (χ1n) is 8.49. The molecule has 142 valence electrons. The predicted molar refractivity (Wildman–Crippen MR) is 103 cm³/mol. The highest BCUT2D eigenvalue weighted by molar-refractivity contribution is 5.97. The van der Waals surface area contributed by atoms with Crippen LogP contribution in [0, 0.1) is 11.2 Å². The van der Waals surface area contributed by atoms with Gasteiger partial charge in [-0.05, 0) is 36.3 Å². The predicted octanol–water partition coefficient (Wildman–Crippen LogP) is 2.57. The van der Waals surface area contributed by atoms with Crippen molar-refractivity contribution in [2.75, 3.05) is 11.9 Å². The number of nitrogens with zero attached hydrogens (tertiary/aromatic N) is 4. The van der Waals surface area contributed by atoms with Gasteiger partial charge in [0.15, 0.2) is 0 Å². The van der Waals surface area contributed by atoms with E-state index in [0.717, 1.165) is 6.20 Å². The first-order valence-corrected chi connectivity index (χ1v) is 8.49. The van der Waals surface area contributed by atoms with Crippen molar-refractivity contribution in [3.63, 3.8) is 0 Å². The molecule has 0 bridgehead atoms. The third-order valence-electron chi connectivity index (χ3n) is 3.80. The lowest BCUT2D eigenvalue weighted by molar-refractivity contribution is 0.0954. The van der Waals surface area contributed by atoms with E-state index in [4.69, 9.17) is 5.41 Å². The summed E-state index contributed by atoms with van der Waals surface area (Å²) in [5, 5.41) is 21.3. The molecule has 1 aromatic carbocycles. The summed E-state index contributed by atoms with van der Waals surface area (Å²) in [6, 6.07) is 9.82. The minimum Gasteiger partial charge on any atom is -0.352 e. The van der Waals surface area contributed by atoms with Gasteiger partial charge in [0.2, 0.25) is 0 Å². The Morgan fingerprint density at radius 2 is 1.96 bits per heavy atom. The molecule has 8 nitrogen and oxygen atoms in total. The third-order valence-corrected chi connectivity index (χ3v) is 3.80. The van der Waals surface area contributed by atoms with Crippen LogP contribution in [0.15, 0.2) is 66.8 Å². The largest absolute Gasteiger partial charge is 0.352 e. The van der Waals surface area contributed by atoms with E-state index in [0.29, 0.717) is 35.6 Å². The molecule has 0 radical (unpaired) electrons. The smallest absolute Gasteiger partial charge is 0.253 e. The molecule has 0 fully saturated rings. The maximum absolute atomic E-state index is 12.9. The van der Waals surface area contributed by atoms with E-state index in [1.807, 2.05) is 0 Å². The van der Waals surface area contributed by atoms with Crippen LogP contribution in [-0.2, 0) is 0 Å². The van der Waals surface area contributed by atoms with Crippen LogP contribution in [0.2, 0.25) is 0 Å². The van der Waals surface area contributed by atoms with Crippen LogP contribution >= 0.6 is 0 Å². The molecule has 2 aromatic heterocycles. The molecule has 0 spiro atoms. The van der Waals surface area contributed by atoms with E-state index in [1.165, 1.54) is 23.1 Å². The molecule has 9 heteroatoms. The molecule has 3 N–H and O–H groups in total. The molecule has 3 aromatic rings. The number of hydrogen-bond acceptors (Lipinski definition) is 6. The molecule has 2 heterocycles. The maximum Gasteiger partial charge on any atom is 0.253 e. The minimum absolute atomic E-state index is 0.259. The molecule has 0 saturated heterocycles. The van der Waals surface area contributed by atoms with Crippen LogP contribution in [0.5, 0.6) is 0 Å². The number of halogens is 1. The summed E-state index contributed by atoms with van der Waals surface area (Å²) in [4.78, 5) is 17.8. The van der Waals surface area contributed by atoms with Crippen molar-refractivity contribution in [3.8, 4) is 5.69 Å². The second-order valence-corrected chi connectivity index (χ2v) is 5.71. The molecule has 0 aliphatic heterocycles. The zero-order chi connectivity index (χ0) is 19.8. The lowest BCUT2D eigenvalue weighted by atomic mass is 10.1. The molecule has 0 unspecified atom stereocenters. The van der Waals surface area contributed by atoms with E-state index in [2.05, 4.69) is 25.8 Å². The highest BCUT2D eigenvalue weighted by atomic mass is 19.1. The average molecular weight is 379 g/mol. The number of benzene rings is 1. The van der Waals surface area contributed by atoms with E-state index in [1.54, 1.807) is 42.9 Å². The van der Waals surface area contributed by atoms with Gasteiger partial charge in [0, 0.05) is 19.0 Å². The molecular formula is C19H18FN7O. The van der Waals surface area contributed by atoms with Gasteiger partial charge in [-0.1, -0.05) is 12.1 Å². The average Bonchev–Trinajstić information content (AvgIpc) is 3.26. The van der Waals surface area contributed by atoms with Crippen molar-refractivity contribution in [1.29, 1.82) is 5.41 Å². The number of amides is 1. The number of carbonyl (C=O) groups excluding carboxylic acids is 1. The van der Waals surface area contributed by atoms with Crippen molar-refractivity contribution < 1.29 is 9.18 Å². The first kappa shape index (κ1) is 18.9. The van der Waals surface area contributed by atoms with E-state index in [9.17, 15) is 9.18 Å². The first-order chi connectivity index (χ1) is 13.7. The molecule has 0 saturated carbocycles. The SMILES string of the molecule is N=C/C(=C\Nc1ccc(F)cn1)CCNC(=O)c1ccccc1-n1nccn1. The van der Waals surface area contributed by atoms with Crippen molar-refractivity contribution in [3.05, 3.63) is 78.1 Å². The third kappa shape index (κ3) is 4.85. The Morgan fingerprint density at radius 1 is 1.18 bits per heavy atom. The Balaban J connectivity index is 1.58. The number of para-hydroxylation sites is 1. The molecule has 0 atom stereocenters. The number of rotatable bonds is 8. The lowest BCUT2D eigenvalue weighted by Crippen LogP contribution is -2.26. The van der Waals surface area contributed by atoms with Crippen LogP contribution < -0.4 is 10.6 Å². The Bertz CT molecular complexity index is 968. The van der Waals surface area contributed by atoms with Gasteiger partial charge >= 0.3 is 0 Å². The number of nitrogens with one attached hydrogen (secondary N) is 3. The van der Waals surface area contributed by atoms with Crippen LogP contribution in [-0.4, -0.2) is 38.6 Å². The maximum atomic E-state index is 12.9. The number of hydrogen-bond donors (Lipinski definition) is 3. The minimum atomic E-state index is -0.421. The summed E-state index contributed by atoms with van der Waals surface area (Å²) in [6.45, 7) is 0.333. The highest BCUT2D eigenvalue weighted by Crippen LogP contribution is 2.12. The number of anilines is 1. The van der Waals surface area contributed by atoms with Crippen LogP contribution in [0.3, 0.4) is 0 Å². The standard InChI is InChI=1S/C19H18FN7O/c20-15-5-6-18(24-13-15)23-12-14(11-21)7-8-22-19(28)16-3-1-2-4-17(16)27-25-9-10-26-27/h1-6,9-13,21H,7-8H2,(H,22,28)(H,23,24)/b14-12-,21-11?. The van der Waals surface area contributed by atoms with Crippen molar-refractivity contribution in [2.24, 2.45) is 0 Å². The van der Waals surface area contributed by atoms with Gasteiger partial charge < -0.3 is 16.0 Å². The van der Waals surface area contributed by atoms with Crippen molar-refractivity contribution >= 4 is 17.9 Å². The molecular weight excluding hydrogens is 361 g/mol. The van der Waals surface area contributed by atoms with Crippen molar-refractivity contribution in [1.82, 2.24) is 25.3 Å². The summed E-state index contributed by atoms with van der Waals surface area (Å²) in [6.07, 6.45) is 7.40. The van der Waals surface area contributed by atoms with Crippen LogP contribution in [0.25, 0.3) is 5.69 Å². The van der Waals surface area contributed by atoms with Gasteiger partial charge in [-0.15, -0.1) is 0 Å². The number of aromatic nitrogens is 4. The second-order valence-electron chi connectivity index (χ2n) is 5.71. The second kappa shape index (κ2) is 9.17. The number of carbonyl (C=O) groups is 1. The Morgan fingerprint density at radius 3 is 2.68 bits per heavy atom. The van der Waals surface area contributed by atoms with Gasteiger partial charge in [0.1, 0.15) is 11.6 Å². The molecule has 0 aliphatic rings. The monoisotopic (exact) mass is 379 g/mol. The fourth-order valence-corrected chi connectivity index (χ4v) is 2.41. The van der Waals surface area contributed by atoms with Crippen molar-refractivity contribution in [2.45, 2.75) is 6.42 Å². The molecule has 3 rings (SSSR count). The fraction of sp³-hybridized carbons (Fsp3) is 0.105. The zero-order valence-electron chi connectivity index (χ0n) is 14.8. The molecule has 1 amide bonds. The number of pyridine rings is 1. The van der Waals surface area contributed by atoms with Crippen LogP contribution in [0.4, 0.5) is 10.2 Å². The van der Waals surface area contributed by atoms with Gasteiger partial charge in [0.25, 0.3) is 5.91 Å². The summed E-state index contributed by atoms with van der Waals surface area (Å²) in [5.41, 5.74) is 1.68. The normalized spacial score (nSPS) is 11.1. The Hall–Kier alpha value is -3.88. The van der Waals surface area contributed by atoms with Gasteiger partial charge in [-0.25, -0.2) is 9.37 Å². The summed E-state index contributed by atoms with van der Waals surface area (Å²) < 4.78 is 12.9. The highest BCUT2D eigenvalue weighted by Gasteiger charge is 2.12. The van der Waals surface area contributed by atoms with Gasteiger partial charge in [-0.3, -0.25) is 4.79 Å². The summed E-state index contributed by atoms with van der Waals surface area (Å²) in [7, 11) is 0. The summed E-state index contributed by atoms with van der Waals surface area (Å²) >= 11 is 0. The Labute approximate surface area is 160 Å². The van der Waals surface area contributed by atoms with E-state index >= 15 is 0 Å². The topological polar surface area (TPSA) is 109 Å². The van der Waals surface area contributed by atoms with E-state index in [-0.39, 0.29) is 5.91 Å². The Kier molecular flexibility index (Phi) is 6.19. The molecule has 28 heavy (non-hydrogen) atoms. The summed E-state index contributed by atoms with van der Waals surface area (Å²) in [5.74, 6) is -0.217. The fourth-order valence-electron chi connectivity index (χ4n) is 2.41.